The normalized spacial score (nSPS) is 31.3. The van der Waals surface area contributed by atoms with E-state index in [0.29, 0.717) is 0 Å². The van der Waals surface area contributed by atoms with E-state index in [2.05, 4.69) is 18.6 Å². The van der Waals surface area contributed by atoms with E-state index in [9.17, 15) is 4.79 Å². The third-order valence-electron chi connectivity index (χ3n) is 3.34. The number of methoxy groups -OCH3 is 1. The summed E-state index contributed by atoms with van der Waals surface area (Å²) in [5.74, 6) is -0.258. The summed E-state index contributed by atoms with van der Waals surface area (Å²) < 4.78 is 4.67. The minimum Gasteiger partial charge on any atom is -0.468 e. The van der Waals surface area contributed by atoms with E-state index in [1.165, 1.54) is 7.11 Å². The van der Waals surface area contributed by atoms with Gasteiger partial charge < -0.3 is 10.5 Å². The van der Waals surface area contributed by atoms with Crippen molar-refractivity contribution in [1.29, 1.82) is 0 Å². The summed E-state index contributed by atoms with van der Waals surface area (Å²) in [4.78, 5) is 11.3. The van der Waals surface area contributed by atoms with Gasteiger partial charge in [-0.05, 0) is 19.3 Å². The van der Waals surface area contributed by atoms with Gasteiger partial charge in [-0.15, -0.1) is 0 Å². The lowest BCUT2D eigenvalue weighted by molar-refractivity contribution is -0.144. The maximum Gasteiger partial charge on any atom is 0.326 e. The van der Waals surface area contributed by atoms with Crippen molar-refractivity contribution < 1.29 is 9.53 Å². The van der Waals surface area contributed by atoms with Crippen LogP contribution in [0, 0.1) is 5.41 Å². The lowest BCUT2D eigenvalue weighted by Gasteiger charge is -2.17. The summed E-state index contributed by atoms with van der Waals surface area (Å²) in [5, 5.41) is 0. The average molecular weight is 171 g/mol. The standard InChI is InChI=1S/C9H17NO2/c1-4-8(5-2)6-9(8,10)7(11)12-3/h4-6,10H2,1-3H3/t9-/m0/s1. The lowest BCUT2D eigenvalue weighted by Crippen LogP contribution is -2.40. The van der Waals surface area contributed by atoms with Crippen LogP contribution in [0.25, 0.3) is 0 Å². The molecule has 1 saturated carbocycles. The van der Waals surface area contributed by atoms with Gasteiger partial charge in [0.1, 0.15) is 5.54 Å². The van der Waals surface area contributed by atoms with E-state index in [4.69, 9.17) is 5.73 Å². The van der Waals surface area contributed by atoms with Crippen molar-refractivity contribution in [3.8, 4) is 0 Å². The van der Waals surface area contributed by atoms with Crippen LogP contribution in [0.2, 0.25) is 0 Å². The molecule has 0 heterocycles. The van der Waals surface area contributed by atoms with Crippen LogP contribution in [0.5, 0.6) is 0 Å². The number of carbonyl (C=O) groups is 1. The van der Waals surface area contributed by atoms with Crippen molar-refractivity contribution in [1.82, 2.24) is 0 Å². The third kappa shape index (κ3) is 0.959. The first-order valence-corrected chi connectivity index (χ1v) is 4.43. The molecule has 0 bridgehead atoms. The van der Waals surface area contributed by atoms with Gasteiger partial charge in [0.25, 0.3) is 0 Å². The Morgan fingerprint density at radius 1 is 1.50 bits per heavy atom. The molecule has 1 rings (SSSR count). The van der Waals surface area contributed by atoms with Gasteiger partial charge in [0.15, 0.2) is 0 Å². The average Bonchev–Trinajstić information content (AvgIpc) is 2.72. The molecule has 3 heteroatoms. The SMILES string of the molecule is CCC1(CC)C[C@]1(N)C(=O)OC. The van der Waals surface area contributed by atoms with Gasteiger partial charge in [0.2, 0.25) is 0 Å². The molecule has 3 nitrogen and oxygen atoms in total. The molecule has 0 aromatic heterocycles. The van der Waals surface area contributed by atoms with Crippen LogP contribution in [0.15, 0.2) is 0 Å². The molecule has 0 aliphatic heterocycles. The fourth-order valence-corrected chi connectivity index (χ4v) is 2.09. The van der Waals surface area contributed by atoms with Crippen LogP contribution >= 0.6 is 0 Å². The van der Waals surface area contributed by atoms with Crippen LogP contribution in [0.3, 0.4) is 0 Å². The van der Waals surface area contributed by atoms with Gasteiger partial charge in [-0.1, -0.05) is 13.8 Å². The fourth-order valence-electron chi connectivity index (χ4n) is 2.09. The van der Waals surface area contributed by atoms with Gasteiger partial charge >= 0.3 is 5.97 Å². The molecule has 1 aliphatic carbocycles. The maximum absolute atomic E-state index is 11.3. The van der Waals surface area contributed by atoms with Crippen LogP contribution in [-0.4, -0.2) is 18.6 Å². The lowest BCUT2D eigenvalue weighted by atomic mass is 9.94. The zero-order valence-corrected chi connectivity index (χ0v) is 8.02. The second-order valence-electron chi connectivity index (χ2n) is 3.63. The van der Waals surface area contributed by atoms with Gasteiger partial charge in [0, 0.05) is 5.41 Å². The number of carbonyl (C=O) groups excluding carboxylic acids is 1. The first-order chi connectivity index (χ1) is 5.56. The number of hydrogen-bond donors (Lipinski definition) is 1. The quantitative estimate of drug-likeness (QED) is 0.646. The maximum atomic E-state index is 11.3. The van der Waals surface area contributed by atoms with Crippen molar-refractivity contribution in [2.24, 2.45) is 11.1 Å². The van der Waals surface area contributed by atoms with Crippen molar-refractivity contribution in [2.75, 3.05) is 7.11 Å². The monoisotopic (exact) mass is 171 g/mol. The first kappa shape index (κ1) is 9.52. The molecule has 12 heavy (non-hydrogen) atoms. The molecular weight excluding hydrogens is 154 g/mol. The topological polar surface area (TPSA) is 52.3 Å². The number of rotatable bonds is 3. The molecule has 2 N–H and O–H groups in total. The zero-order chi connectivity index (χ0) is 9.41. The van der Waals surface area contributed by atoms with Crippen LogP contribution < -0.4 is 5.73 Å². The molecule has 0 unspecified atom stereocenters. The van der Waals surface area contributed by atoms with E-state index in [1.807, 2.05) is 0 Å². The first-order valence-electron chi connectivity index (χ1n) is 4.43. The van der Waals surface area contributed by atoms with Crippen molar-refractivity contribution >= 4 is 5.97 Å². The van der Waals surface area contributed by atoms with E-state index in [-0.39, 0.29) is 11.4 Å². The molecule has 0 spiro atoms. The van der Waals surface area contributed by atoms with Crippen molar-refractivity contribution in [3.63, 3.8) is 0 Å². The van der Waals surface area contributed by atoms with Gasteiger partial charge in [-0.2, -0.15) is 0 Å². The molecule has 1 atom stereocenters. The molecule has 0 aromatic carbocycles. The summed E-state index contributed by atoms with van der Waals surface area (Å²) in [5.41, 5.74) is 5.25. The number of hydrogen-bond acceptors (Lipinski definition) is 3. The van der Waals surface area contributed by atoms with Crippen molar-refractivity contribution in [2.45, 2.75) is 38.6 Å². The molecular formula is C9H17NO2. The van der Waals surface area contributed by atoms with Crippen molar-refractivity contribution in [3.05, 3.63) is 0 Å². The summed E-state index contributed by atoms with van der Waals surface area (Å²) >= 11 is 0. The summed E-state index contributed by atoms with van der Waals surface area (Å²) in [6, 6.07) is 0. The van der Waals surface area contributed by atoms with E-state index >= 15 is 0 Å². The predicted octanol–water partition coefficient (Wildman–Crippen LogP) is 1.07. The highest BCUT2D eigenvalue weighted by atomic mass is 16.5. The number of nitrogens with two attached hydrogens (primary N) is 1. The Kier molecular flexibility index (Phi) is 2.17. The second kappa shape index (κ2) is 2.73. The van der Waals surface area contributed by atoms with E-state index in [1.54, 1.807) is 0 Å². The highest BCUT2D eigenvalue weighted by Crippen LogP contribution is 2.59. The van der Waals surface area contributed by atoms with Crippen LogP contribution in [0.1, 0.15) is 33.1 Å². The predicted molar refractivity (Wildman–Crippen MR) is 46.6 cm³/mol. The largest absolute Gasteiger partial charge is 0.468 e. The number of esters is 1. The molecule has 0 aromatic rings. The summed E-state index contributed by atoms with van der Waals surface area (Å²) in [6.07, 6.45) is 2.68. The zero-order valence-electron chi connectivity index (χ0n) is 8.02. The third-order valence-corrected chi connectivity index (χ3v) is 3.34. The van der Waals surface area contributed by atoms with Gasteiger partial charge in [-0.25, -0.2) is 0 Å². The fraction of sp³-hybridized carbons (Fsp3) is 0.889. The minimum atomic E-state index is -0.689. The Hall–Kier alpha value is -0.570. The molecule has 70 valence electrons. The Labute approximate surface area is 73.3 Å². The molecule has 0 radical (unpaired) electrons. The highest BCUT2D eigenvalue weighted by Gasteiger charge is 2.68. The Balaban J connectivity index is 2.74. The highest BCUT2D eigenvalue weighted by molar-refractivity contribution is 5.86. The Morgan fingerprint density at radius 3 is 2.25 bits per heavy atom. The summed E-state index contributed by atoms with van der Waals surface area (Å²) in [6.45, 7) is 4.14. The van der Waals surface area contributed by atoms with Crippen LogP contribution in [0.4, 0.5) is 0 Å². The molecule has 0 amide bonds. The minimum absolute atomic E-state index is 0.0140. The van der Waals surface area contributed by atoms with E-state index < -0.39 is 5.54 Å². The Morgan fingerprint density at radius 2 is 2.00 bits per heavy atom. The van der Waals surface area contributed by atoms with Gasteiger partial charge in [0.05, 0.1) is 7.11 Å². The van der Waals surface area contributed by atoms with Crippen LogP contribution in [-0.2, 0) is 9.53 Å². The van der Waals surface area contributed by atoms with Gasteiger partial charge in [-0.3, -0.25) is 4.79 Å². The molecule has 1 fully saturated rings. The molecule has 1 aliphatic rings. The van der Waals surface area contributed by atoms with E-state index in [0.717, 1.165) is 19.3 Å². The Bertz CT molecular complexity index is 199. The summed E-state index contributed by atoms with van der Waals surface area (Å²) in [7, 11) is 1.39. The molecule has 0 saturated heterocycles. The number of ether oxygens (including phenoxy) is 1. The second-order valence-corrected chi connectivity index (χ2v) is 3.63. The smallest absolute Gasteiger partial charge is 0.326 e.